The first-order valence-corrected chi connectivity index (χ1v) is 6.38. The topological polar surface area (TPSA) is 49.3 Å². The van der Waals surface area contributed by atoms with Crippen LogP contribution >= 0.6 is 11.8 Å². The summed E-state index contributed by atoms with van der Waals surface area (Å²) in [5.41, 5.74) is 0. The van der Waals surface area contributed by atoms with E-state index in [1.807, 2.05) is 20.1 Å². The minimum Gasteiger partial charge on any atom is -0.396 e. The molecule has 0 fully saturated rings. The number of hydrogen-bond donors (Lipinski definition) is 2. The van der Waals surface area contributed by atoms with Crippen molar-refractivity contribution in [2.24, 2.45) is 0 Å². The van der Waals surface area contributed by atoms with Gasteiger partial charge in [0.1, 0.15) is 0 Å². The van der Waals surface area contributed by atoms with Gasteiger partial charge in [-0.3, -0.25) is 4.79 Å². The lowest BCUT2D eigenvalue weighted by atomic mass is 10.2. The molecule has 0 rings (SSSR count). The van der Waals surface area contributed by atoms with Crippen LogP contribution in [0.2, 0.25) is 0 Å². The van der Waals surface area contributed by atoms with Gasteiger partial charge in [-0.2, -0.15) is 11.8 Å². The van der Waals surface area contributed by atoms with Crippen LogP contribution in [0.5, 0.6) is 0 Å². The van der Waals surface area contributed by atoms with E-state index in [0.717, 1.165) is 19.3 Å². The minimum atomic E-state index is 0.0616. The summed E-state index contributed by atoms with van der Waals surface area (Å²) in [6.07, 6.45) is 4.40. The molecule has 14 heavy (non-hydrogen) atoms. The molecule has 0 saturated carbocycles. The molecule has 0 heterocycles. The Balaban J connectivity index is 3.79. The molecule has 0 aromatic heterocycles. The van der Waals surface area contributed by atoms with Crippen molar-refractivity contribution >= 4 is 17.7 Å². The normalized spacial score (nSPS) is 14.9. The highest BCUT2D eigenvalue weighted by Gasteiger charge is 2.16. The Bertz CT molecular complexity index is 160. The first-order chi connectivity index (χ1) is 6.65. The molecule has 84 valence electrons. The Labute approximate surface area is 90.7 Å². The SMILES string of the molecule is CCC(SC)C(=O)NC(C)CCCO. The molecule has 2 unspecified atom stereocenters. The average Bonchev–Trinajstić information content (AvgIpc) is 2.16. The lowest BCUT2D eigenvalue weighted by molar-refractivity contribution is -0.121. The van der Waals surface area contributed by atoms with E-state index in [1.165, 1.54) is 0 Å². The molecular formula is C10H21NO2S. The minimum absolute atomic E-state index is 0.0616. The van der Waals surface area contributed by atoms with E-state index in [4.69, 9.17) is 5.11 Å². The van der Waals surface area contributed by atoms with Gasteiger partial charge in [-0.25, -0.2) is 0 Å². The molecule has 4 heteroatoms. The summed E-state index contributed by atoms with van der Waals surface area (Å²) < 4.78 is 0. The van der Waals surface area contributed by atoms with Crippen molar-refractivity contribution in [1.29, 1.82) is 0 Å². The third-order valence-corrected chi connectivity index (χ3v) is 3.25. The van der Waals surface area contributed by atoms with Gasteiger partial charge in [0.25, 0.3) is 0 Å². The lowest BCUT2D eigenvalue weighted by Crippen LogP contribution is -2.38. The van der Waals surface area contributed by atoms with Crippen LogP contribution in [0, 0.1) is 0 Å². The zero-order valence-electron chi connectivity index (χ0n) is 9.25. The fourth-order valence-electron chi connectivity index (χ4n) is 1.26. The predicted molar refractivity (Wildman–Crippen MR) is 61.5 cm³/mol. The molecule has 0 aliphatic rings. The molecular weight excluding hydrogens is 198 g/mol. The molecule has 0 aliphatic heterocycles. The second kappa shape index (κ2) is 8.12. The van der Waals surface area contributed by atoms with Gasteiger partial charge in [0.05, 0.1) is 5.25 Å². The number of amides is 1. The number of nitrogens with one attached hydrogen (secondary N) is 1. The van der Waals surface area contributed by atoms with Crippen LogP contribution in [-0.4, -0.2) is 35.2 Å². The molecule has 0 spiro atoms. The van der Waals surface area contributed by atoms with Gasteiger partial charge in [0.2, 0.25) is 5.91 Å². The Morgan fingerprint density at radius 1 is 1.57 bits per heavy atom. The van der Waals surface area contributed by atoms with Gasteiger partial charge in [0, 0.05) is 12.6 Å². The molecule has 0 bridgehead atoms. The van der Waals surface area contributed by atoms with Gasteiger partial charge in [-0.05, 0) is 32.4 Å². The number of aliphatic hydroxyl groups excluding tert-OH is 1. The van der Waals surface area contributed by atoms with Crippen molar-refractivity contribution in [3.05, 3.63) is 0 Å². The Morgan fingerprint density at radius 3 is 2.64 bits per heavy atom. The van der Waals surface area contributed by atoms with Crippen LogP contribution in [0.4, 0.5) is 0 Å². The number of rotatable bonds is 7. The third-order valence-electron chi connectivity index (χ3n) is 2.13. The summed E-state index contributed by atoms with van der Waals surface area (Å²) in [5, 5.41) is 11.6. The van der Waals surface area contributed by atoms with Gasteiger partial charge in [-0.15, -0.1) is 0 Å². The molecule has 1 amide bonds. The molecule has 0 aromatic rings. The number of carbonyl (C=O) groups excluding carboxylic acids is 1. The van der Waals surface area contributed by atoms with Crippen LogP contribution in [0.1, 0.15) is 33.1 Å². The van der Waals surface area contributed by atoms with E-state index in [9.17, 15) is 4.79 Å². The molecule has 0 saturated heterocycles. The summed E-state index contributed by atoms with van der Waals surface area (Å²) in [6.45, 7) is 4.18. The molecule has 2 atom stereocenters. The molecule has 0 aliphatic carbocycles. The van der Waals surface area contributed by atoms with Crippen molar-refractivity contribution in [1.82, 2.24) is 5.32 Å². The quantitative estimate of drug-likeness (QED) is 0.680. The predicted octanol–water partition coefficient (Wildman–Crippen LogP) is 1.41. The van der Waals surface area contributed by atoms with E-state index in [1.54, 1.807) is 11.8 Å². The average molecular weight is 219 g/mol. The van der Waals surface area contributed by atoms with Crippen molar-refractivity contribution in [2.75, 3.05) is 12.9 Å². The highest BCUT2D eigenvalue weighted by atomic mass is 32.2. The Hall–Kier alpha value is -0.220. The number of thioether (sulfide) groups is 1. The van der Waals surface area contributed by atoms with Crippen molar-refractivity contribution in [2.45, 2.75) is 44.4 Å². The first-order valence-electron chi connectivity index (χ1n) is 5.09. The summed E-state index contributed by atoms with van der Waals surface area (Å²) in [7, 11) is 0. The fourth-order valence-corrected chi connectivity index (χ4v) is 1.88. The summed E-state index contributed by atoms with van der Waals surface area (Å²) >= 11 is 1.58. The van der Waals surface area contributed by atoms with E-state index in [-0.39, 0.29) is 23.8 Å². The zero-order valence-corrected chi connectivity index (χ0v) is 10.1. The standard InChI is InChI=1S/C10H21NO2S/c1-4-9(14-3)10(13)11-8(2)6-5-7-12/h8-9,12H,4-7H2,1-3H3,(H,11,13). The third kappa shape index (κ3) is 5.50. The van der Waals surface area contributed by atoms with Gasteiger partial charge in [0.15, 0.2) is 0 Å². The lowest BCUT2D eigenvalue weighted by Gasteiger charge is -2.17. The van der Waals surface area contributed by atoms with Crippen LogP contribution in [0.25, 0.3) is 0 Å². The number of aliphatic hydroxyl groups is 1. The number of hydrogen-bond acceptors (Lipinski definition) is 3. The highest BCUT2D eigenvalue weighted by molar-refractivity contribution is 7.99. The summed E-state index contributed by atoms with van der Waals surface area (Å²) in [6, 6.07) is 0.163. The molecule has 3 nitrogen and oxygen atoms in total. The smallest absolute Gasteiger partial charge is 0.233 e. The maximum Gasteiger partial charge on any atom is 0.233 e. The van der Waals surface area contributed by atoms with Gasteiger partial charge < -0.3 is 10.4 Å². The summed E-state index contributed by atoms with van der Waals surface area (Å²) in [5.74, 6) is 0.116. The second-order valence-corrected chi connectivity index (χ2v) is 4.45. The number of carbonyl (C=O) groups is 1. The van der Waals surface area contributed by atoms with E-state index in [0.29, 0.717) is 0 Å². The fraction of sp³-hybridized carbons (Fsp3) is 0.900. The zero-order chi connectivity index (χ0) is 11.0. The largest absolute Gasteiger partial charge is 0.396 e. The van der Waals surface area contributed by atoms with Crippen molar-refractivity contribution in [3.8, 4) is 0 Å². The maximum atomic E-state index is 11.6. The monoisotopic (exact) mass is 219 g/mol. The molecule has 2 N–H and O–H groups in total. The maximum absolute atomic E-state index is 11.6. The van der Waals surface area contributed by atoms with E-state index in [2.05, 4.69) is 5.32 Å². The Kier molecular flexibility index (Phi) is 7.99. The van der Waals surface area contributed by atoms with Gasteiger partial charge in [-0.1, -0.05) is 6.92 Å². The summed E-state index contributed by atoms with van der Waals surface area (Å²) in [4.78, 5) is 11.6. The van der Waals surface area contributed by atoms with Crippen LogP contribution in [0.15, 0.2) is 0 Å². The van der Waals surface area contributed by atoms with Crippen LogP contribution < -0.4 is 5.32 Å². The highest BCUT2D eigenvalue weighted by Crippen LogP contribution is 2.10. The van der Waals surface area contributed by atoms with Crippen molar-refractivity contribution in [3.63, 3.8) is 0 Å². The van der Waals surface area contributed by atoms with Crippen LogP contribution in [-0.2, 0) is 4.79 Å². The molecule has 0 aromatic carbocycles. The second-order valence-electron chi connectivity index (χ2n) is 3.41. The molecule has 0 radical (unpaired) electrons. The first kappa shape index (κ1) is 13.8. The van der Waals surface area contributed by atoms with Crippen molar-refractivity contribution < 1.29 is 9.90 Å². The van der Waals surface area contributed by atoms with Crippen LogP contribution in [0.3, 0.4) is 0 Å². The van der Waals surface area contributed by atoms with Gasteiger partial charge >= 0.3 is 0 Å². The van der Waals surface area contributed by atoms with E-state index >= 15 is 0 Å². The van der Waals surface area contributed by atoms with E-state index < -0.39 is 0 Å². The Morgan fingerprint density at radius 2 is 2.21 bits per heavy atom.